The SMILES string of the molecule is CC(C)(C)C1C2C=C(c3ccc(Cl)cc3)CC21. The Morgan fingerprint density at radius 2 is 1.76 bits per heavy atom. The lowest BCUT2D eigenvalue weighted by molar-refractivity contribution is 0.322. The molecule has 1 aromatic carbocycles. The standard InChI is InChI=1S/C16H19Cl/c1-16(2,3)15-13-8-11(9-14(13)15)10-4-6-12(17)7-5-10/h4-8,13-15H,9H2,1-3H3. The van der Waals surface area contributed by atoms with Crippen LogP contribution in [0.15, 0.2) is 30.3 Å². The molecule has 1 aromatic rings. The quantitative estimate of drug-likeness (QED) is 0.652. The Bertz CT molecular complexity index is 461. The Kier molecular flexibility index (Phi) is 2.42. The van der Waals surface area contributed by atoms with Gasteiger partial charge in [-0.2, -0.15) is 0 Å². The minimum Gasteiger partial charge on any atom is -0.0843 e. The van der Waals surface area contributed by atoms with Crippen molar-refractivity contribution in [2.24, 2.45) is 23.2 Å². The second kappa shape index (κ2) is 3.62. The Morgan fingerprint density at radius 1 is 1.12 bits per heavy atom. The van der Waals surface area contributed by atoms with Crippen molar-refractivity contribution in [1.29, 1.82) is 0 Å². The van der Waals surface area contributed by atoms with E-state index in [1.54, 1.807) is 0 Å². The summed E-state index contributed by atoms with van der Waals surface area (Å²) in [4.78, 5) is 0. The fraction of sp³-hybridized carbons (Fsp3) is 0.500. The molecule has 0 saturated heterocycles. The molecule has 0 nitrogen and oxygen atoms in total. The van der Waals surface area contributed by atoms with Crippen molar-refractivity contribution in [3.8, 4) is 0 Å². The van der Waals surface area contributed by atoms with E-state index in [-0.39, 0.29) is 0 Å². The fourth-order valence-electron chi connectivity index (χ4n) is 3.54. The highest BCUT2D eigenvalue weighted by molar-refractivity contribution is 6.30. The third-order valence-corrected chi connectivity index (χ3v) is 4.55. The van der Waals surface area contributed by atoms with Gasteiger partial charge in [0.15, 0.2) is 0 Å². The lowest BCUT2D eigenvalue weighted by Crippen LogP contribution is -2.11. The molecule has 0 spiro atoms. The van der Waals surface area contributed by atoms with Gasteiger partial charge < -0.3 is 0 Å². The van der Waals surface area contributed by atoms with Gasteiger partial charge in [0, 0.05) is 5.02 Å². The summed E-state index contributed by atoms with van der Waals surface area (Å²) < 4.78 is 0. The van der Waals surface area contributed by atoms with Gasteiger partial charge in [-0.15, -0.1) is 0 Å². The number of hydrogen-bond acceptors (Lipinski definition) is 0. The third kappa shape index (κ3) is 1.93. The normalized spacial score (nSPS) is 31.1. The summed E-state index contributed by atoms with van der Waals surface area (Å²) in [7, 11) is 0. The van der Waals surface area contributed by atoms with Crippen LogP contribution in [-0.2, 0) is 0 Å². The van der Waals surface area contributed by atoms with Gasteiger partial charge in [0.2, 0.25) is 0 Å². The molecular weight excluding hydrogens is 228 g/mol. The van der Waals surface area contributed by atoms with E-state index in [1.165, 1.54) is 17.6 Å². The van der Waals surface area contributed by atoms with Crippen LogP contribution in [0.4, 0.5) is 0 Å². The lowest BCUT2D eigenvalue weighted by Gasteiger charge is -2.20. The third-order valence-electron chi connectivity index (χ3n) is 4.29. The molecule has 1 saturated carbocycles. The minimum absolute atomic E-state index is 0.470. The number of fused-ring (bicyclic) bond motifs is 1. The van der Waals surface area contributed by atoms with E-state index in [0.717, 1.165) is 22.8 Å². The molecule has 2 aliphatic carbocycles. The summed E-state index contributed by atoms with van der Waals surface area (Å²) in [6.45, 7) is 7.10. The highest BCUT2D eigenvalue weighted by Crippen LogP contribution is 2.64. The number of benzene rings is 1. The summed E-state index contributed by atoms with van der Waals surface area (Å²) in [6, 6.07) is 8.27. The molecule has 0 N–H and O–H groups in total. The average molecular weight is 247 g/mol. The molecule has 0 heterocycles. The number of hydrogen-bond donors (Lipinski definition) is 0. The molecular formula is C16H19Cl. The summed E-state index contributed by atoms with van der Waals surface area (Å²) in [5.41, 5.74) is 3.35. The first-order valence-electron chi connectivity index (χ1n) is 6.43. The molecule has 0 aliphatic heterocycles. The second-order valence-corrected chi connectivity index (χ2v) is 6.97. The maximum Gasteiger partial charge on any atom is 0.0406 e. The number of rotatable bonds is 1. The first-order chi connectivity index (χ1) is 7.97. The molecule has 0 amide bonds. The fourth-order valence-corrected chi connectivity index (χ4v) is 3.67. The van der Waals surface area contributed by atoms with Gasteiger partial charge >= 0.3 is 0 Å². The molecule has 2 aliphatic rings. The van der Waals surface area contributed by atoms with Gasteiger partial charge in [-0.1, -0.05) is 50.6 Å². The van der Waals surface area contributed by atoms with Gasteiger partial charge in [0.05, 0.1) is 0 Å². The monoisotopic (exact) mass is 246 g/mol. The largest absolute Gasteiger partial charge is 0.0843 e. The van der Waals surface area contributed by atoms with Crippen LogP contribution in [0.1, 0.15) is 32.8 Å². The van der Waals surface area contributed by atoms with Crippen molar-refractivity contribution < 1.29 is 0 Å². The first kappa shape index (κ1) is 11.3. The Hall–Kier alpha value is -0.750. The topological polar surface area (TPSA) is 0 Å². The van der Waals surface area contributed by atoms with E-state index in [0.29, 0.717) is 5.41 Å². The van der Waals surface area contributed by atoms with Crippen molar-refractivity contribution in [1.82, 2.24) is 0 Å². The van der Waals surface area contributed by atoms with Crippen LogP contribution in [0, 0.1) is 23.2 Å². The summed E-state index contributed by atoms with van der Waals surface area (Å²) in [5, 5.41) is 0.824. The van der Waals surface area contributed by atoms with E-state index in [9.17, 15) is 0 Å². The zero-order chi connectivity index (χ0) is 12.2. The van der Waals surface area contributed by atoms with Crippen LogP contribution in [-0.4, -0.2) is 0 Å². The maximum atomic E-state index is 5.92. The zero-order valence-electron chi connectivity index (χ0n) is 10.7. The highest BCUT2D eigenvalue weighted by atomic mass is 35.5. The van der Waals surface area contributed by atoms with E-state index in [4.69, 9.17) is 11.6 Å². The Morgan fingerprint density at radius 3 is 2.24 bits per heavy atom. The van der Waals surface area contributed by atoms with E-state index in [1.807, 2.05) is 12.1 Å². The van der Waals surface area contributed by atoms with Crippen LogP contribution >= 0.6 is 11.6 Å². The Labute approximate surface area is 109 Å². The maximum absolute atomic E-state index is 5.92. The summed E-state index contributed by atoms with van der Waals surface area (Å²) in [6.07, 6.45) is 3.76. The van der Waals surface area contributed by atoms with Crippen LogP contribution in [0.5, 0.6) is 0 Å². The first-order valence-corrected chi connectivity index (χ1v) is 6.81. The number of halogens is 1. The minimum atomic E-state index is 0.470. The highest BCUT2D eigenvalue weighted by Gasteiger charge is 2.56. The van der Waals surface area contributed by atoms with Gasteiger partial charge in [-0.05, 0) is 52.9 Å². The van der Waals surface area contributed by atoms with Crippen molar-refractivity contribution in [3.05, 3.63) is 40.9 Å². The van der Waals surface area contributed by atoms with Gasteiger partial charge in [-0.25, -0.2) is 0 Å². The lowest BCUT2D eigenvalue weighted by atomic mass is 9.85. The number of allylic oxidation sites excluding steroid dienone is 2. The predicted octanol–water partition coefficient (Wildman–Crippen LogP) is 5.04. The summed E-state index contributed by atoms with van der Waals surface area (Å²) in [5.74, 6) is 2.64. The van der Waals surface area contributed by atoms with Crippen molar-refractivity contribution in [3.63, 3.8) is 0 Å². The van der Waals surface area contributed by atoms with Crippen LogP contribution in [0.3, 0.4) is 0 Å². The van der Waals surface area contributed by atoms with Gasteiger partial charge in [-0.3, -0.25) is 0 Å². The molecule has 0 aromatic heterocycles. The molecule has 90 valence electrons. The van der Waals surface area contributed by atoms with Crippen molar-refractivity contribution in [2.45, 2.75) is 27.2 Å². The van der Waals surface area contributed by atoms with Crippen molar-refractivity contribution in [2.75, 3.05) is 0 Å². The summed E-state index contributed by atoms with van der Waals surface area (Å²) >= 11 is 5.92. The molecule has 3 unspecified atom stereocenters. The smallest absolute Gasteiger partial charge is 0.0406 e. The van der Waals surface area contributed by atoms with Crippen LogP contribution in [0.2, 0.25) is 5.02 Å². The predicted molar refractivity (Wildman–Crippen MR) is 74.0 cm³/mol. The van der Waals surface area contributed by atoms with Crippen molar-refractivity contribution >= 4 is 17.2 Å². The van der Waals surface area contributed by atoms with E-state index >= 15 is 0 Å². The molecule has 1 fully saturated rings. The average Bonchev–Trinajstić information content (AvgIpc) is 2.78. The molecule has 1 heteroatoms. The molecule has 3 rings (SSSR count). The second-order valence-electron chi connectivity index (χ2n) is 6.54. The van der Waals surface area contributed by atoms with E-state index in [2.05, 4.69) is 39.0 Å². The zero-order valence-corrected chi connectivity index (χ0v) is 11.5. The van der Waals surface area contributed by atoms with Crippen LogP contribution in [0.25, 0.3) is 5.57 Å². The van der Waals surface area contributed by atoms with Gasteiger partial charge in [0.25, 0.3) is 0 Å². The Balaban J connectivity index is 1.78. The molecule has 0 radical (unpaired) electrons. The van der Waals surface area contributed by atoms with E-state index < -0.39 is 0 Å². The molecule has 3 atom stereocenters. The molecule has 17 heavy (non-hydrogen) atoms. The van der Waals surface area contributed by atoms with Gasteiger partial charge in [0.1, 0.15) is 0 Å². The molecule has 0 bridgehead atoms. The van der Waals surface area contributed by atoms with Crippen LogP contribution < -0.4 is 0 Å².